The lowest BCUT2D eigenvalue weighted by Gasteiger charge is -2.07. The third-order valence-electron chi connectivity index (χ3n) is 4.18. The third kappa shape index (κ3) is 3.88. The normalized spacial score (nSPS) is 11.3. The molecule has 0 radical (unpaired) electrons. The van der Waals surface area contributed by atoms with E-state index in [0.717, 1.165) is 27.9 Å². The molecule has 0 unspecified atom stereocenters. The van der Waals surface area contributed by atoms with Crippen LogP contribution in [-0.2, 0) is 6.61 Å². The van der Waals surface area contributed by atoms with Gasteiger partial charge in [0, 0.05) is 0 Å². The molecule has 4 heteroatoms. The van der Waals surface area contributed by atoms with Gasteiger partial charge in [0.1, 0.15) is 24.3 Å². The zero-order valence-electron chi connectivity index (χ0n) is 14.6. The van der Waals surface area contributed by atoms with Crippen molar-refractivity contribution in [1.82, 2.24) is 9.97 Å². The molecule has 130 valence electrons. The fraction of sp³-hybridized carbons (Fsp3) is 0.0435. The van der Waals surface area contributed by atoms with E-state index in [0.29, 0.717) is 18.0 Å². The first-order chi connectivity index (χ1) is 13.3. The summed E-state index contributed by atoms with van der Waals surface area (Å²) in [5.74, 6) is 1.32. The number of nitrogens with one attached hydrogen (secondary N) is 1. The number of nitrogens with zero attached hydrogens (tertiary/aromatic N) is 2. The highest BCUT2D eigenvalue weighted by Gasteiger charge is 2.08. The SMILES string of the molecule is N#CC(=Cc1cccc(OCc2ccccc2)c1)c1nc2ccccc2[nH]1. The van der Waals surface area contributed by atoms with Gasteiger partial charge in [0.25, 0.3) is 0 Å². The molecule has 0 bridgehead atoms. The zero-order chi connectivity index (χ0) is 18.5. The predicted molar refractivity (Wildman–Crippen MR) is 107 cm³/mol. The molecular weight excluding hydrogens is 334 g/mol. The van der Waals surface area contributed by atoms with Crippen molar-refractivity contribution in [1.29, 1.82) is 5.26 Å². The van der Waals surface area contributed by atoms with Crippen LogP contribution in [0.15, 0.2) is 78.9 Å². The first-order valence-electron chi connectivity index (χ1n) is 8.65. The van der Waals surface area contributed by atoms with Crippen molar-refractivity contribution in [3.8, 4) is 11.8 Å². The van der Waals surface area contributed by atoms with Crippen LogP contribution in [0.3, 0.4) is 0 Å². The maximum atomic E-state index is 9.58. The Hall–Kier alpha value is -3.84. The number of allylic oxidation sites excluding steroid dienone is 1. The summed E-state index contributed by atoms with van der Waals surface area (Å²) >= 11 is 0. The smallest absolute Gasteiger partial charge is 0.149 e. The van der Waals surface area contributed by atoms with E-state index in [2.05, 4.69) is 16.0 Å². The van der Waals surface area contributed by atoms with Gasteiger partial charge in [-0.3, -0.25) is 0 Å². The maximum Gasteiger partial charge on any atom is 0.149 e. The molecule has 1 N–H and O–H groups in total. The summed E-state index contributed by atoms with van der Waals surface area (Å²) in [6.45, 7) is 0.503. The minimum Gasteiger partial charge on any atom is -0.489 e. The van der Waals surface area contributed by atoms with Crippen molar-refractivity contribution in [2.24, 2.45) is 0 Å². The van der Waals surface area contributed by atoms with Gasteiger partial charge in [-0.25, -0.2) is 4.98 Å². The number of rotatable bonds is 5. The molecule has 0 atom stereocenters. The van der Waals surface area contributed by atoms with Gasteiger partial charge in [-0.15, -0.1) is 0 Å². The average Bonchev–Trinajstić information content (AvgIpc) is 3.15. The van der Waals surface area contributed by atoms with Gasteiger partial charge >= 0.3 is 0 Å². The highest BCUT2D eigenvalue weighted by molar-refractivity contribution is 5.90. The van der Waals surface area contributed by atoms with Gasteiger partial charge < -0.3 is 9.72 Å². The van der Waals surface area contributed by atoms with Crippen molar-refractivity contribution in [2.75, 3.05) is 0 Å². The lowest BCUT2D eigenvalue weighted by atomic mass is 10.1. The van der Waals surface area contributed by atoms with Crippen LogP contribution in [0, 0.1) is 11.3 Å². The first-order valence-corrected chi connectivity index (χ1v) is 8.65. The minimum absolute atomic E-state index is 0.478. The molecule has 0 spiro atoms. The molecule has 4 nitrogen and oxygen atoms in total. The molecule has 1 aromatic heterocycles. The number of aromatic nitrogens is 2. The quantitative estimate of drug-likeness (QED) is 0.502. The van der Waals surface area contributed by atoms with Crippen LogP contribution < -0.4 is 4.74 Å². The second-order valence-electron chi connectivity index (χ2n) is 6.12. The van der Waals surface area contributed by atoms with E-state index in [1.165, 1.54) is 0 Å². The lowest BCUT2D eigenvalue weighted by Crippen LogP contribution is -1.95. The van der Waals surface area contributed by atoms with Gasteiger partial charge in [0.2, 0.25) is 0 Å². The molecule has 4 rings (SSSR count). The van der Waals surface area contributed by atoms with Crippen molar-refractivity contribution in [3.63, 3.8) is 0 Å². The number of hydrogen-bond acceptors (Lipinski definition) is 3. The summed E-state index contributed by atoms with van der Waals surface area (Å²) < 4.78 is 5.87. The number of benzene rings is 3. The van der Waals surface area contributed by atoms with E-state index in [1.807, 2.05) is 84.9 Å². The van der Waals surface area contributed by atoms with Gasteiger partial charge in [-0.05, 0) is 41.5 Å². The van der Waals surface area contributed by atoms with Crippen LogP contribution in [0.5, 0.6) is 5.75 Å². The van der Waals surface area contributed by atoms with Crippen LogP contribution in [0.1, 0.15) is 17.0 Å². The van der Waals surface area contributed by atoms with Crippen molar-refractivity contribution in [2.45, 2.75) is 6.61 Å². The molecule has 0 aliphatic carbocycles. The molecular formula is C23H17N3O. The highest BCUT2D eigenvalue weighted by atomic mass is 16.5. The minimum atomic E-state index is 0.478. The largest absolute Gasteiger partial charge is 0.489 e. The number of nitriles is 1. The van der Waals surface area contributed by atoms with E-state index in [-0.39, 0.29) is 0 Å². The summed E-state index contributed by atoms with van der Waals surface area (Å²) in [6.07, 6.45) is 1.81. The van der Waals surface area contributed by atoms with Crippen LogP contribution in [-0.4, -0.2) is 9.97 Å². The standard InChI is InChI=1S/C23H17N3O/c24-15-19(23-25-21-11-4-5-12-22(21)26-23)13-18-9-6-10-20(14-18)27-16-17-7-2-1-3-8-17/h1-14H,16H2,(H,25,26). The summed E-state index contributed by atoms with van der Waals surface area (Å²) in [7, 11) is 0. The number of H-pyrrole nitrogens is 1. The van der Waals surface area contributed by atoms with Crippen molar-refractivity contribution >= 4 is 22.7 Å². The Balaban J connectivity index is 1.57. The average molecular weight is 351 g/mol. The number of para-hydroxylation sites is 2. The second kappa shape index (κ2) is 7.59. The Bertz CT molecular complexity index is 1100. The Morgan fingerprint density at radius 2 is 1.81 bits per heavy atom. The molecule has 0 fully saturated rings. The van der Waals surface area contributed by atoms with E-state index in [4.69, 9.17) is 4.74 Å². The maximum absolute atomic E-state index is 9.58. The van der Waals surface area contributed by atoms with Crippen LogP contribution >= 0.6 is 0 Å². The first kappa shape index (κ1) is 16.6. The number of hydrogen-bond donors (Lipinski definition) is 1. The molecule has 0 saturated carbocycles. The monoisotopic (exact) mass is 351 g/mol. The number of imidazole rings is 1. The van der Waals surface area contributed by atoms with Crippen LogP contribution in [0.4, 0.5) is 0 Å². The number of fused-ring (bicyclic) bond motifs is 1. The Labute approximate surface area is 157 Å². The Morgan fingerprint density at radius 1 is 1.00 bits per heavy atom. The summed E-state index contributed by atoms with van der Waals surface area (Å²) in [4.78, 5) is 7.70. The number of ether oxygens (including phenoxy) is 1. The topological polar surface area (TPSA) is 61.7 Å². The molecule has 0 amide bonds. The predicted octanol–water partition coefficient (Wildman–Crippen LogP) is 5.21. The van der Waals surface area contributed by atoms with Gasteiger partial charge in [-0.1, -0.05) is 54.6 Å². The van der Waals surface area contributed by atoms with Crippen LogP contribution in [0.25, 0.3) is 22.7 Å². The lowest BCUT2D eigenvalue weighted by molar-refractivity contribution is 0.306. The molecule has 0 aliphatic rings. The van der Waals surface area contributed by atoms with E-state index < -0.39 is 0 Å². The molecule has 3 aromatic carbocycles. The second-order valence-corrected chi connectivity index (χ2v) is 6.12. The Morgan fingerprint density at radius 3 is 2.63 bits per heavy atom. The fourth-order valence-electron chi connectivity index (χ4n) is 2.84. The zero-order valence-corrected chi connectivity index (χ0v) is 14.6. The molecule has 4 aromatic rings. The van der Waals surface area contributed by atoms with Crippen molar-refractivity contribution in [3.05, 3.63) is 95.8 Å². The van der Waals surface area contributed by atoms with Crippen LogP contribution in [0.2, 0.25) is 0 Å². The van der Waals surface area contributed by atoms with E-state index >= 15 is 0 Å². The fourth-order valence-corrected chi connectivity index (χ4v) is 2.84. The Kier molecular flexibility index (Phi) is 4.67. The van der Waals surface area contributed by atoms with E-state index in [9.17, 15) is 5.26 Å². The van der Waals surface area contributed by atoms with Gasteiger partial charge in [0.05, 0.1) is 16.6 Å². The molecule has 27 heavy (non-hydrogen) atoms. The van der Waals surface area contributed by atoms with Crippen molar-refractivity contribution < 1.29 is 4.74 Å². The van der Waals surface area contributed by atoms with Gasteiger partial charge in [-0.2, -0.15) is 5.26 Å². The highest BCUT2D eigenvalue weighted by Crippen LogP contribution is 2.22. The molecule has 0 aliphatic heterocycles. The molecule has 1 heterocycles. The number of aromatic amines is 1. The van der Waals surface area contributed by atoms with E-state index in [1.54, 1.807) is 0 Å². The summed E-state index contributed by atoms with van der Waals surface area (Å²) in [5, 5.41) is 9.58. The third-order valence-corrected chi connectivity index (χ3v) is 4.18. The molecule has 0 saturated heterocycles. The summed E-state index contributed by atoms with van der Waals surface area (Å²) in [6, 6.07) is 27.7. The summed E-state index contributed by atoms with van der Waals surface area (Å²) in [5.41, 5.74) is 4.23. The van der Waals surface area contributed by atoms with Gasteiger partial charge in [0.15, 0.2) is 0 Å².